The van der Waals surface area contributed by atoms with Crippen molar-refractivity contribution in [3.8, 4) is 0 Å². The number of sulfonamides is 2. The molecule has 17 heteroatoms. The van der Waals surface area contributed by atoms with E-state index in [2.05, 4.69) is 43.3 Å². The minimum absolute atomic E-state index is 0.762. The van der Waals surface area contributed by atoms with E-state index >= 15 is 0 Å². The zero-order valence-electron chi connectivity index (χ0n) is 21.5. The van der Waals surface area contributed by atoms with E-state index in [4.69, 9.17) is 34.8 Å². The van der Waals surface area contributed by atoms with Crippen LogP contribution in [0.5, 0.6) is 0 Å². The Labute approximate surface area is 255 Å². The molecule has 0 fully saturated rings. The minimum atomic E-state index is -6.72. The van der Waals surface area contributed by atoms with Crippen molar-refractivity contribution in [1.82, 2.24) is 0 Å². The van der Waals surface area contributed by atoms with E-state index in [0.29, 0.717) is 0 Å². The van der Waals surface area contributed by atoms with Crippen LogP contribution in [-0.4, -0.2) is 34.0 Å². The normalized spacial score (nSPS) is 12.9. The van der Waals surface area contributed by atoms with Gasteiger partial charge in [0.15, 0.2) is 20.0 Å². The topological polar surface area (TPSA) is 82.4 Å². The largest absolute Gasteiger partial charge is 0.480 e. The van der Waals surface area contributed by atoms with Gasteiger partial charge >= 0.3 is 11.0 Å². The summed E-state index contributed by atoms with van der Waals surface area (Å²) in [4.78, 5) is 0. The Balaban J connectivity index is 0.000000351. The van der Waals surface area contributed by atoms with E-state index in [0.717, 1.165) is 25.4 Å². The Morgan fingerprint density at radius 1 is 0.595 bits per heavy atom. The summed E-state index contributed by atoms with van der Waals surface area (Å²) < 4.78 is 109. The summed E-state index contributed by atoms with van der Waals surface area (Å²) in [7, 11) is -15.3. The molecule has 0 radical (unpaired) electrons. The van der Waals surface area contributed by atoms with Gasteiger partial charge in [-0.05, 0) is 79.2 Å². The Bertz CT molecular complexity index is 1380. The first-order valence-corrected chi connectivity index (χ1v) is 17.8. The Morgan fingerprint density at radius 3 is 1.12 bits per heavy atom. The van der Waals surface area contributed by atoms with Crippen molar-refractivity contribution < 1.29 is 43.2 Å². The zero-order valence-corrected chi connectivity index (χ0v) is 26.3. The fourth-order valence-corrected chi connectivity index (χ4v) is 10.2. The van der Waals surface area contributed by atoms with Gasteiger partial charge in [-0.2, -0.15) is 26.3 Å². The average molecular weight is 717 g/mol. The van der Waals surface area contributed by atoms with Gasteiger partial charge < -0.3 is 4.13 Å². The van der Waals surface area contributed by atoms with Crippen molar-refractivity contribution in [3.05, 3.63) is 92.0 Å². The van der Waals surface area contributed by atoms with Crippen molar-refractivity contribution in [2.75, 3.05) is 6.16 Å². The third kappa shape index (κ3) is 9.20. The highest BCUT2D eigenvalue weighted by Crippen LogP contribution is 2.56. The molecule has 0 aliphatic rings. The lowest BCUT2D eigenvalue weighted by Gasteiger charge is -2.28. The van der Waals surface area contributed by atoms with Gasteiger partial charge in [-0.25, -0.2) is 16.8 Å². The zero-order chi connectivity index (χ0) is 32.0. The molecule has 3 rings (SSSR count). The van der Waals surface area contributed by atoms with Crippen LogP contribution in [0.15, 0.2) is 72.8 Å². The minimum Gasteiger partial charge on any atom is -0.421 e. The second kappa shape index (κ2) is 14.5. The van der Waals surface area contributed by atoms with E-state index in [1.54, 1.807) is 0 Å². The van der Waals surface area contributed by atoms with Crippen molar-refractivity contribution in [3.63, 3.8) is 0 Å². The SMILES string of the molecule is CCCCC[P+](c1ccc(Cl)cc1)(c1ccc(Cl)cc1)c1ccc(Cl)cc1.O=S(=O)([N-]S(=O)(=O)C(F)(F)F)C(F)(F)F. The number of rotatable bonds is 9. The molecule has 0 saturated carbocycles. The van der Waals surface area contributed by atoms with Crippen LogP contribution in [-0.2, 0) is 20.0 Å². The highest BCUT2D eigenvalue weighted by atomic mass is 35.5. The lowest BCUT2D eigenvalue weighted by Crippen LogP contribution is -2.33. The molecule has 0 amide bonds. The van der Waals surface area contributed by atoms with Crippen LogP contribution in [0, 0.1) is 0 Å². The van der Waals surface area contributed by atoms with Crippen LogP contribution in [0.3, 0.4) is 0 Å². The summed E-state index contributed by atoms with van der Waals surface area (Å²) in [6.07, 6.45) is 4.71. The van der Waals surface area contributed by atoms with E-state index in [9.17, 15) is 43.2 Å². The maximum atomic E-state index is 11.4. The summed E-state index contributed by atoms with van der Waals surface area (Å²) in [6, 6.07) is 25.1. The number of benzene rings is 3. The van der Waals surface area contributed by atoms with Gasteiger partial charge in [-0.1, -0.05) is 54.6 Å². The predicted octanol–water partition coefficient (Wildman–Crippen LogP) is 8.19. The predicted molar refractivity (Wildman–Crippen MR) is 158 cm³/mol. The molecule has 0 atom stereocenters. The van der Waals surface area contributed by atoms with Gasteiger partial charge in [0.25, 0.3) is 0 Å². The quantitative estimate of drug-likeness (QED) is 0.127. The average Bonchev–Trinajstić information content (AvgIpc) is 2.87. The molecule has 232 valence electrons. The van der Waals surface area contributed by atoms with Gasteiger partial charge in [-0.15, -0.1) is 0 Å². The number of hydrogen-bond donors (Lipinski definition) is 0. The molecule has 0 unspecified atom stereocenters. The summed E-state index contributed by atoms with van der Waals surface area (Å²) >= 11 is 18.6. The summed E-state index contributed by atoms with van der Waals surface area (Å²) in [6.45, 7) is 2.24. The smallest absolute Gasteiger partial charge is 0.421 e. The van der Waals surface area contributed by atoms with Crippen LogP contribution < -0.4 is 15.9 Å². The second-order valence-electron chi connectivity index (χ2n) is 8.59. The molecule has 3 aromatic rings. The van der Waals surface area contributed by atoms with Crippen molar-refractivity contribution in [2.45, 2.75) is 37.2 Å². The van der Waals surface area contributed by atoms with Crippen LogP contribution in [0.2, 0.25) is 15.1 Å². The van der Waals surface area contributed by atoms with E-state index in [1.807, 2.05) is 36.4 Å². The first-order chi connectivity index (χ1) is 19.3. The fourth-order valence-electron chi connectivity index (χ4n) is 3.73. The van der Waals surface area contributed by atoms with Gasteiger partial charge in [-0.3, -0.25) is 0 Å². The summed E-state index contributed by atoms with van der Waals surface area (Å²) in [5.41, 5.74) is -12.4. The molecule has 0 N–H and O–H groups in total. The lowest BCUT2D eigenvalue weighted by atomic mass is 10.3. The first kappa shape index (κ1) is 36.6. The molecule has 0 spiro atoms. The lowest BCUT2D eigenvalue weighted by molar-refractivity contribution is -0.0444. The Hall–Kier alpha value is -1.60. The van der Waals surface area contributed by atoms with Crippen LogP contribution >= 0.6 is 42.1 Å². The summed E-state index contributed by atoms with van der Waals surface area (Å²) in [5.74, 6) is 0. The number of halogens is 9. The third-order valence-electron chi connectivity index (χ3n) is 5.68. The number of nitrogens with zero attached hydrogens (tertiary/aromatic N) is 1. The van der Waals surface area contributed by atoms with Crippen LogP contribution in [0.4, 0.5) is 26.3 Å². The van der Waals surface area contributed by atoms with Gasteiger partial charge in [0.2, 0.25) is 0 Å². The third-order valence-corrected chi connectivity index (χ3v) is 13.7. The Morgan fingerprint density at radius 2 is 0.881 bits per heavy atom. The number of unbranched alkanes of at least 4 members (excludes halogenated alkanes) is 2. The van der Waals surface area contributed by atoms with Crippen LogP contribution in [0.1, 0.15) is 26.2 Å². The van der Waals surface area contributed by atoms with Gasteiger partial charge in [0, 0.05) is 15.1 Å². The number of alkyl halides is 6. The van der Waals surface area contributed by atoms with E-state index in [-0.39, 0.29) is 0 Å². The fraction of sp³-hybridized carbons (Fsp3) is 0.280. The van der Waals surface area contributed by atoms with Crippen molar-refractivity contribution >= 4 is 78.0 Å². The molecule has 0 aromatic heterocycles. The molecule has 0 aliphatic heterocycles. The standard InChI is InChI=1S/C23H23Cl3P.C2F6NO4S2/c1-2-3-4-17-27(21-11-5-18(24)6-12-21,22-13-7-19(25)8-14-22)23-15-9-20(26)10-16-23;3-1(4,5)14(10,11)9-15(12,13)2(6,7)8/h5-16H,2-4,17H2,1H3;/q+1;-1. The Kier molecular flexibility index (Phi) is 12.6. The maximum absolute atomic E-state index is 11.4. The van der Waals surface area contributed by atoms with E-state index in [1.165, 1.54) is 35.2 Å². The molecule has 0 saturated heterocycles. The molecule has 0 heterocycles. The molecule has 0 aliphatic carbocycles. The van der Waals surface area contributed by atoms with E-state index < -0.39 is 38.3 Å². The highest BCUT2D eigenvalue weighted by Gasteiger charge is 2.47. The monoisotopic (exact) mass is 715 g/mol. The van der Waals surface area contributed by atoms with Crippen LogP contribution in [0.25, 0.3) is 4.13 Å². The second-order valence-corrected chi connectivity index (χ2v) is 16.9. The molecule has 0 bridgehead atoms. The molecule has 3 aromatic carbocycles. The first-order valence-electron chi connectivity index (χ1n) is 11.8. The molecular formula is C25H23Cl3F6NO4PS2. The van der Waals surface area contributed by atoms with Gasteiger partial charge in [0.05, 0.1) is 6.16 Å². The number of hydrogen-bond acceptors (Lipinski definition) is 4. The molecular weight excluding hydrogens is 694 g/mol. The van der Waals surface area contributed by atoms with Gasteiger partial charge in [0.1, 0.15) is 23.2 Å². The molecule has 42 heavy (non-hydrogen) atoms. The maximum Gasteiger partial charge on any atom is 0.480 e. The highest BCUT2D eigenvalue weighted by molar-refractivity contribution is 8.13. The summed E-state index contributed by atoms with van der Waals surface area (Å²) in [5, 5.41) is 6.31. The van der Waals surface area contributed by atoms with Crippen molar-refractivity contribution in [1.29, 1.82) is 0 Å². The van der Waals surface area contributed by atoms with Crippen molar-refractivity contribution in [2.24, 2.45) is 0 Å². The molecule has 5 nitrogen and oxygen atoms in total.